The molecule has 2 atom stereocenters. The number of aryl methyl sites for hydroxylation is 2. The van der Waals surface area contributed by atoms with Gasteiger partial charge in [-0.15, -0.1) is 0 Å². The number of nitrogens with one attached hydrogen (secondary N) is 1. The van der Waals surface area contributed by atoms with E-state index in [2.05, 4.69) is 36.5 Å². The van der Waals surface area contributed by atoms with E-state index in [1.165, 1.54) is 5.56 Å². The molecule has 0 fully saturated rings. The zero-order valence-corrected chi connectivity index (χ0v) is 22.3. The molecule has 2 unspecified atom stereocenters. The van der Waals surface area contributed by atoms with Crippen LogP contribution in [0.1, 0.15) is 55.9 Å². The molecule has 0 spiro atoms. The van der Waals surface area contributed by atoms with Crippen LogP contribution in [0.15, 0.2) is 78.9 Å². The van der Waals surface area contributed by atoms with Crippen LogP contribution in [0.5, 0.6) is 0 Å². The summed E-state index contributed by atoms with van der Waals surface area (Å²) in [6.45, 7) is 6.47. The minimum atomic E-state index is -0.629. The molecular formula is C31H37ClN2O2. The maximum Gasteiger partial charge on any atom is 0.243 e. The van der Waals surface area contributed by atoms with Gasteiger partial charge in [-0.3, -0.25) is 9.59 Å². The number of rotatable bonds is 12. The smallest absolute Gasteiger partial charge is 0.243 e. The second-order valence-corrected chi connectivity index (χ2v) is 9.78. The summed E-state index contributed by atoms with van der Waals surface area (Å²) >= 11 is 6.25. The van der Waals surface area contributed by atoms with Crippen molar-refractivity contribution in [2.45, 2.75) is 71.5 Å². The highest BCUT2D eigenvalue weighted by atomic mass is 35.5. The summed E-state index contributed by atoms with van der Waals surface area (Å²) in [5, 5.41) is 3.72. The van der Waals surface area contributed by atoms with E-state index in [9.17, 15) is 9.59 Å². The third-order valence-electron chi connectivity index (χ3n) is 6.57. The SMILES string of the molecule is CCc1ccc(CCC(=O)N(Cc2cccc(Cl)c2)C(Cc2ccccc2)C(=O)NC(C)CC)cc1. The predicted molar refractivity (Wildman–Crippen MR) is 148 cm³/mol. The van der Waals surface area contributed by atoms with E-state index in [0.717, 1.165) is 29.5 Å². The van der Waals surface area contributed by atoms with Gasteiger partial charge in [-0.25, -0.2) is 0 Å². The summed E-state index contributed by atoms with van der Waals surface area (Å²) in [6, 6.07) is 25.2. The van der Waals surface area contributed by atoms with E-state index >= 15 is 0 Å². The van der Waals surface area contributed by atoms with Crippen molar-refractivity contribution in [2.24, 2.45) is 0 Å². The second kappa shape index (κ2) is 13.8. The molecule has 1 N–H and O–H groups in total. The summed E-state index contributed by atoms with van der Waals surface area (Å²) in [6.07, 6.45) is 3.20. The Labute approximate surface area is 220 Å². The molecule has 0 aliphatic rings. The van der Waals surface area contributed by atoms with Gasteiger partial charge in [0.25, 0.3) is 0 Å². The molecule has 0 saturated carbocycles. The Bertz CT molecular complexity index is 1110. The number of carbonyl (C=O) groups is 2. The van der Waals surface area contributed by atoms with Crippen LogP contribution in [-0.2, 0) is 35.4 Å². The van der Waals surface area contributed by atoms with Crippen molar-refractivity contribution >= 4 is 23.4 Å². The van der Waals surface area contributed by atoms with Crippen molar-refractivity contribution in [1.82, 2.24) is 10.2 Å². The van der Waals surface area contributed by atoms with Crippen molar-refractivity contribution in [3.05, 3.63) is 106 Å². The van der Waals surface area contributed by atoms with Crippen LogP contribution in [0.2, 0.25) is 5.02 Å². The first kappa shape index (κ1) is 27.5. The van der Waals surface area contributed by atoms with Crippen molar-refractivity contribution in [3.8, 4) is 0 Å². The molecule has 0 aliphatic heterocycles. The number of halogens is 1. The average Bonchev–Trinajstić information content (AvgIpc) is 2.90. The van der Waals surface area contributed by atoms with E-state index in [1.54, 1.807) is 4.90 Å². The normalized spacial score (nSPS) is 12.6. The van der Waals surface area contributed by atoms with E-state index in [-0.39, 0.29) is 17.9 Å². The molecule has 3 aromatic carbocycles. The van der Waals surface area contributed by atoms with Crippen LogP contribution in [0.4, 0.5) is 0 Å². The van der Waals surface area contributed by atoms with E-state index in [4.69, 9.17) is 11.6 Å². The molecule has 4 nitrogen and oxygen atoms in total. The zero-order valence-electron chi connectivity index (χ0n) is 21.5. The molecule has 5 heteroatoms. The van der Waals surface area contributed by atoms with Crippen LogP contribution in [0.3, 0.4) is 0 Å². The van der Waals surface area contributed by atoms with Crippen molar-refractivity contribution < 1.29 is 9.59 Å². The lowest BCUT2D eigenvalue weighted by atomic mass is 10.0. The van der Waals surface area contributed by atoms with Crippen LogP contribution in [-0.4, -0.2) is 28.8 Å². The van der Waals surface area contributed by atoms with Gasteiger partial charge < -0.3 is 10.2 Å². The van der Waals surface area contributed by atoms with Crippen LogP contribution in [0.25, 0.3) is 0 Å². The van der Waals surface area contributed by atoms with Crippen LogP contribution < -0.4 is 5.32 Å². The van der Waals surface area contributed by atoms with E-state index < -0.39 is 6.04 Å². The summed E-state index contributed by atoms with van der Waals surface area (Å²) < 4.78 is 0. The second-order valence-electron chi connectivity index (χ2n) is 9.35. The van der Waals surface area contributed by atoms with Crippen molar-refractivity contribution in [2.75, 3.05) is 0 Å². The fourth-order valence-electron chi connectivity index (χ4n) is 4.16. The minimum Gasteiger partial charge on any atom is -0.352 e. The highest BCUT2D eigenvalue weighted by Gasteiger charge is 2.30. The molecule has 0 radical (unpaired) electrons. The fraction of sp³-hybridized carbons (Fsp3) is 0.355. The fourth-order valence-corrected chi connectivity index (χ4v) is 4.38. The Morgan fingerprint density at radius 1 is 0.861 bits per heavy atom. The third-order valence-corrected chi connectivity index (χ3v) is 6.81. The molecule has 3 rings (SSSR count). The Balaban J connectivity index is 1.89. The van der Waals surface area contributed by atoms with E-state index in [1.807, 2.05) is 68.4 Å². The number of carbonyl (C=O) groups excluding carboxylic acids is 2. The molecular weight excluding hydrogens is 468 g/mol. The molecule has 2 amide bonds. The molecule has 190 valence electrons. The van der Waals surface area contributed by atoms with Gasteiger partial charge >= 0.3 is 0 Å². The maximum atomic E-state index is 13.7. The van der Waals surface area contributed by atoms with Crippen molar-refractivity contribution in [1.29, 1.82) is 0 Å². The topological polar surface area (TPSA) is 49.4 Å². The van der Waals surface area contributed by atoms with Gasteiger partial charge in [-0.05, 0) is 60.6 Å². The van der Waals surface area contributed by atoms with Crippen LogP contribution >= 0.6 is 11.6 Å². The average molecular weight is 505 g/mol. The molecule has 0 heterocycles. The lowest BCUT2D eigenvalue weighted by Crippen LogP contribution is -2.52. The minimum absolute atomic E-state index is 0.0241. The Kier molecular flexibility index (Phi) is 10.6. The lowest BCUT2D eigenvalue weighted by Gasteiger charge is -2.32. The first-order chi connectivity index (χ1) is 17.4. The van der Waals surface area contributed by atoms with Gasteiger partial charge in [0.1, 0.15) is 6.04 Å². The standard InChI is InChI=1S/C31H37ClN2O2/c1-4-23(3)33-31(36)29(21-26-10-7-6-8-11-26)34(22-27-12-9-13-28(32)20-27)30(35)19-18-25-16-14-24(5-2)15-17-25/h6-17,20,23,29H,4-5,18-19,21-22H2,1-3H3,(H,33,36). The first-order valence-corrected chi connectivity index (χ1v) is 13.2. The number of nitrogens with zero attached hydrogens (tertiary/aromatic N) is 1. The summed E-state index contributed by atoms with van der Waals surface area (Å²) in [5.41, 5.74) is 4.31. The van der Waals surface area contributed by atoms with Gasteiger partial charge in [0.05, 0.1) is 0 Å². The Hall–Kier alpha value is -3.11. The maximum absolute atomic E-state index is 13.7. The van der Waals surface area contributed by atoms with E-state index in [0.29, 0.717) is 30.8 Å². The Morgan fingerprint density at radius 2 is 1.53 bits per heavy atom. The molecule has 0 bridgehead atoms. The lowest BCUT2D eigenvalue weighted by molar-refractivity contribution is -0.141. The first-order valence-electron chi connectivity index (χ1n) is 12.9. The number of hydrogen-bond acceptors (Lipinski definition) is 2. The van der Waals surface area contributed by atoms with Gasteiger partial charge in [0, 0.05) is 30.5 Å². The molecule has 36 heavy (non-hydrogen) atoms. The van der Waals surface area contributed by atoms with Gasteiger partial charge in [0.15, 0.2) is 0 Å². The van der Waals surface area contributed by atoms with Gasteiger partial charge in [-0.1, -0.05) is 92.2 Å². The van der Waals surface area contributed by atoms with Gasteiger partial charge in [-0.2, -0.15) is 0 Å². The number of amides is 2. The largest absolute Gasteiger partial charge is 0.352 e. The molecule has 3 aromatic rings. The molecule has 0 aliphatic carbocycles. The highest BCUT2D eigenvalue weighted by molar-refractivity contribution is 6.30. The number of hydrogen-bond donors (Lipinski definition) is 1. The summed E-state index contributed by atoms with van der Waals surface area (Å²) in [7, 11) is 0. The number of benzene rings is 3. The third kappa shape index (κ3) is 8.23. The quantitative estimate of drug-likeness (QED) is 0.310. The van der Waals surface area contributed by atoms with Gasteiger partial charge in [0.2, 0.25) is 11.8 Å². The predicted octanol–water partition coefficient (Wildman–Crippen LogP) is 6.39. The summed E-state index contributed by atoms with van der Waals surface area (Å²) in [4.78, 5) is 29.0. The zero-order chi connectivity index (χ0) is 25.9. The van der Waals surface area contributed by atoms with Crippen LogP contribution in [0, 0.1) is 0 Å². The monoisotopic (exact) mass is 504 g/mol. The molecule has 0 saturated heterocycles. The Morgan fingerprint density at radius 3 is 2.17 bits per heavy atom. The van der Waals surface area contributed by atoms with Crippen molar-refractivity contribution in [3.63, 3.8) is 0 Å². The highest BCUT2D eigenvalue weighted by Crippen LogP contribution is 2.19. The summed E-state index contributed by atoms with van der Waals surface area (Å²) in [5.74, 6) is -0.175. The molecule has 0 aromatic heterocycles.